The van der Waals surface area contributed by atoms with Crippen molar-refractivity contribution in [2.24, 2.45) is 5.92 Å². The third-order valence-electron chi connectivity index (χ3n) is 4.01. The van der Waals surface area contributed by atoms with E-state index in [0.29, 0.717) is 13.1 Å². The lowest BCUT2D eigenvalue weighted by atomic mass is 10.1. The molecule has 1 aromatic rings. The van der Waals surface area contributed by atoms with Crippen LogP contribution in [0.15, 0.2) is 30.3 Å². The summed E-state index contributed by atoms with van der Waals surface area (Å²) in [6.07, 6.45) is 0.997. The minimum atomic E-state index is -0.367. The topological polar surface area (TPSA) is 69.7 Å². The van der Waals surface area contributed by atoms with Crippen molar-refractivity contribution < 1.29 is 14.4 Å². The number of rotatable bonds is 6. The van der Waals surface area contributed by atoms with Crippen molar-refractivity contribution in [1.29, 1.82) is 0 Å². The highest BCUT2D eigenvalue weighted by atomic mass is 16.2. The SMILES string of the molecule is CN(C)C(=O)CNC(=O)C1CC(=O)N(CCc2ccccc2)C1. The standard InChI is InChI=1S/C17H23N3O3/c1-19(2)16(22)11-18-17(23)14-10-15(21)20(12-14)9-8-13-6-4-3-5-7-13/h3-7,14H,8-12H2,1-2H3,(H,18,23). The highest BCUT2D eigenvalue weighted by Gasteiger charge is 2.34. The fourth-order valence-electron chi connectivity index (χ4n) is 2.54. The van der Waals surface area contributed by atoms with Crippen LogP contribution in [-0.4, -0.2) is 61.3 Å². The molecule has 23 heavy (non-hydrogen) atoms. The number of hydrogen-bond acceptors (Lipinski definition) is 3. The van der Waals surface area contributed by atoms with Crippen LogP contribution in [0.4, 0.5) is 0 Å². The van der Waals surface area contributed by atoms with Crippen LogP contribution < -0.4 is 5.32 Å². The second-order valence-electron chi connectivity index (χ2n) is 5.98. The monoisotopic (exact) mass is 317 g/mol. The van der Waals surface area contributed by atoms with Gasteiger partial charge in [-0.1, -0.05) is 30.3 Å². The second-order valence-corrected chi connectivity index (χ2v) is 5.98. The highest BCUT2D eigenvalue weighted by molar-refractivity contribution is 5.91. The van der Waals surface area contributed by atoms with Crippen LogP contribution in [0.2, 0.25) is 0 Å². The molecule has 1 aromatic carbocycles. The Labute approximate surface area is 136 Å². The summed E-state index contributed by atoms with van der Waals surface area (Å²) in [6, 6.07) is 9.95. The minimum Gasteiger partial charge on any atom is -0.347 e. The first-order valence-corrected chi connectivity index (χ1v) is 7.77. The lowest BCUT2D eigenvalue weighted by molar-refractivity contribution is -0.132. The van der Waals surface area contributed by atoms with E-state index in [1.807, 2.05) is 30.3 Å². The predicted octanol–water partition coefficient (Wildman–Crippen LogP) is 0.282. The maximum Gasteiger partial charge on any atom is 0.241 e. The van der Waals surface area contributed by atoms with Gasteiger partial charge in [0.15, 0.2) is 0 Å². The average Bonchev–Trinajstić information content (AvgIpc) is 2.92. The Morgan fingerprint density at radius 3 is 2.61 bits per heavy atom. The van der Waals surface area contributed by atoms with E-state index in [1.165, 1.54) is 10.5 Å². The van der Waals surface area contributed by atoms with Crippen LogP contribution in [0.3, 0.4) is 0 Å². The molecular formula is C17H23N3O3. The molecule has 2 rings (SSSR count). The smallest absolute Gasteiger partial charge is 0.241 e. The van der Waals surface area contributed by atoms with Crippen molar-refractivity contribution in [3.63, 3.8) is 0 Å². The van der Waals surface area contributed by atoms with Crippen LogP contribution in [-0.2, 0) is 20.8 Å². The zero-order valence-corrected chi connectivity index (χ0v) is 13.6. The third-order valence-corrected chi connectivity index (χ3v) is 4.01. The van der Waals surface area contributed by atoms with Crippen molar-refractivity contribution >= 4 is 17.7 Å². The summed E-state index contributed by atoms with van der Waals surface area (Å²) < 4.78 is 0. The molecule has 0 aliphatic carbocycles. The van der Waals surface area contributed by atoms with Crippen molar-refractivity contribution in [3.05, 3.63) is 35.9 Å². The molecule has 1 aliphatic rings. The van der Waals surface area contributed by atoms with Crippen LogP contribution in [0, 0.1) is 5.92 Å². The van der Waals surface area contributed by atoms with E-state index >= 15 is 0 Å². The molecule has 0 aromatic heterocycles. The molecule has 6 heteroatoms. The summed E-state index contributed by atoms with van der Waals surface area (Å²) >= 11 is 0. The van der Waals surface area contributed by atoms with Gasteiger partial charge in [-0.05, 0) is 12.0 Å². The van der Waals surface area contributed by atoms with Crippen LogP contribution in [0.25, 0.3) is 0 Å². The molecule has 1 atom stereocenters. The summed E-state index contributed by atoms with van der Waals surface area (Å²) in [5, 5.41) is 2.61. The predicted molar refractivity (Wildman–Crippen MR) is 86.5 cm³/mol. The molecule has 3 amide bonds. The van der Waals surface area contributed by atoms with Gasteiger partial charge in [0.05, 0.1) is 12.5 Å². The van der Waals surface area contributed by atoms with Crippen molar-refractivity contribution in [1.82, 2.24) is 15.1 Å². The molecule has 1 unspecified atom stereocenters. The van der Waals surface area contributed by atoms with Gasteiger partial charge in [-0.15, -0.1) is 0 Å². The van der Waals surface area contributed by atoms with E-state index in [4.69, 9.17) is 0 Å². The molecule has 0 spiro atoms. The summed E-state index contributed by atoms with van der Waals surface area (Å²) in [6.45, 7) is 1.01. The number of benzene rings is 1. The molecule has 1 N–H and O–H groups in total. The first-order chi connectivity index (χ1) is 11.0. The number of carbonyl (C=O) groups is 3. The van der Waals surface area contributed by atoms with E-state index in [9.17, 15) is 14.4 Å². The van der Waals surface area contributed by atoms with Gasteiger partial charge in [0.25, 0.3) is 0 Å². The minimum absolute atomic E-state index is 0.0000160. The Balaban J connectivity index is 1.80. The van der Waals surface area contributed by atoms with E-state index in [0.717, 1.165) is 6.42 Å². The normalized spacial score (nSPS) is 17.2. The first kappa shape index (κ1) is 17.0. The summed E-state index contributed by atoms with van der Waals surface area (Å²) in [7, 11) is 3.28. The summed E-state index contributed by atoms with van der Waals surface area (Å²) in [4.78, 5) is 38.7. The molecule has 6 nitrogen and oxygen atoms in total. The fraction of sp³-hybridized carbons (Fsp3) is 0.471. The number of likely N-dealkylation sites (tertiary alicyclic amines) is 1. The lowest BCUT2D eigenvalue weighted by Crippen LogP contribution is -2.40. The molecule has 1 aliphatic heterocycles. The summed E-state index contributed by atoms with van der Waals surface area (Å²) in [5.41, 5.74) is 1.17. The number of carbonyl (C=O) groups excluding carboxylic acids is 3. The molecule has 1 fully saturated rings. The van der Waals surface area contributed by atoms with E-state index < -0.39 is 0 Å². The van der Waals surface area contributed by atoms with Gasteiger partial charge in [0, 0.05) is 33.6 Å². The quantitative estimate of drug-likeness (QED) is 0.819. The van der Waals surface area contributed by atoms with Gasteiger partial charge in [0.2, 0.25) is 17.7 Å². The first-order valence-electron chi connectivity index (χ1n) is 7.77. The van der Waals surface area contributed by atoms with Gasteiger partial charge >= 0.3 is 0 Å². The van der Waals surface area contributed by atoms with Crippen molar-refractivity contribution in [2.75, 3.05) is 33.7 Å². The van der Waals surface area contributed by atoms with Gasteiger partial charge in [0.1, 0.15) is 0 Å². The number of likely N-dealkylation sites (N-methyl/N-ethyl adjacent to an activating group) is 1. The zero-order valence-electron chi connectivity index (χ0n) is 13.6. The van der Waals surface area contributed by atoms with E-state index in [1.54, 1.807) is 19.0 Å². The van der Waals surface area contributed by atoms with E-state index in [2.05, 4.69) is 5.32 Å². The van der Waals surface area contributed by atoms with Gasteiger partial charge in [-0.2, -0.15) is 0 Å². The molecule has 124 valence electrons. The number of nitrogens with zero attached hydrogens (tertiary/aromatic N) is 2. The fourth-order valence-corrected chi connectivity index (χ4v) is 2.54. The summed E-state index contributed by atoms with van der Waals surface area (Å²) in [5.74, 6) is -0.757. The number of hydrogen-bond donors (Lipinski definition) is 1. The number of nitrogens with one attached hydrogen (secondary N) is 1. The Bertz CT molecular complexity index is 572. The van der Waals surface area contributed by atoms with Gasteiger partial charge < -0.3 is 15.1 Å². The third kappa shape index (κ3) is 4.81. The number of amides is 3. The lowest BCUT2D eigenvalue weighted by Gasteiger charge is -2.17. The highest BCUT2D eigenvalue weighted by Crippen LogP contribution is 2.18. The Morgan fingerprint density at radius 1 is 1.26 bits per heavy atom. The molecule has 0 saturated carbocycles. The average molecular weight is 317 g/mol. The van der Waals surface area contributed by atoms with Crippen LogP contribution >= 0.6 is 0 Å². The van der Waals surface area contributed by atoms with Crippen molar-refractivity contribution in [2.45, 2.75) is 12.8 Å². The molecule has 1 saturated heterocycles. The maximum atomic E-state index is 12.1. The second kappa shape index (κ2) is 7.76. The molecule has 1 heterocycles. The van der Waals surface area contributed by atoms with Gasteiger partial charge in [-0.3, -0.25) is 14.4 Å². The van der Waals surface area contributed by atoms with Crippen LogP contribution in [0.1, 0.15) is 12.0 Å². The molecule has 0 bridgehead atoms. The Hall–Kier alpha value is -2.37. The Morgan fingerprint density at radius 2 is 1.96 bits per heavy atom. The molecular weight excluding hydrogens is 294 g/mol. The van der Waals surface area contributed by atoms with Crippen molar-refractivity contribution in [3.8, 4) is 0 Å². The van der Waals surface area contributed by atoms with Crippen LogP contribution in [0.5, 0.6) is 0 Å². The van der Waals surface area contributed by atoms with E-state index in [-0.39, 0.29) is 36.6 Å². The molecule has 0 radical (unpaired) electrons. The maximum absolute atomic E-state index is 12.1. The Kier molecular flexibility index (Phi) is 5.73. The van der Waals surface area contributed by atoms with Gasteiger partial charge in [-0.25, -0.2) is 0 Å². The zero-order chi connectivity index (χ0) is 16.8. The largest absolute Gasteiger partial charge is 0.347 e.